The Morgan fingerprint density at radius 3 is 2.39 bits per heavy atom. The van der Waals surface area contributed by atoms with Gasteiger partial charge in [-0.25, -0.2) is 9.59 Å². The molecule has 1 aliphatic heterocycles. The van der Waals surface area contributed by atoms with Gasteiger partial charge < -0.3 is 14.7 Å². The summed E-state index contributed by atoms with van der Waals surface area (Å²) in [6, 6.07) is 8.47. The number of aromatic carboxylic acids is 1. The van der Waals surface area contributed by atoms with E-state index in [-0.39, 0.29) is 32.5 Å². The minimum atomic E-state index is -4.84. The number of benzene rings is 1. The van der Waals surface area contributed by atoms with Crippen LogP contribution >= 0.6 is 0 Å². The molecule has 3 rings (SSSR count). The summed E-state index contributed by atoms with van der Waals surface area (Å²) in [6.07, 6.45) is -4.24. The van der Waals surface area contributed by atoms with Gasteiger partial charge in [-0.05, 0) is 18.4 Å². The number of aromatic nitrogens is 2. The molecule has 150 valence electrons. The monoisotopic (exact) mass is 397 g/mol. The van der Waals surface area contributed by atoms with Crippen LogP contribution in [-0.4, -0.2) is 44.9 Å². The van der Waals surface area contributed by atoms with E-state index in [1.165, 1.54) is 4.90 Å². The lowest BCUT2D eigenvalue weighted by Gasteiger charge is -2.32. The van der Waals surface area contributed by atoms with E-state index < -0.39 is 35.5 Å². The quantitative estimate of drug-likeness (QED) is 0.853. The Hall–Kier alpha value is -3.04. The molecule has 1 amide bonds. The fourth-order valence-corrected chi connectivity index (χ4v) is 3.18. The first kappa shape index (κ1) is 19.7. The Morgan fingerprint density at radius 1 is 1.18 bits per heavy atom. The van der Waals surface area contributed by atoms with Crippen molar-refractivity contribution in [3.63, 3.8) is 0 Å². The zero-order valence-corrected chi connectivity index (χ0v) is 14.7. The minimum absolute atomic E-state index is 0.110. The van der Waals surface area contributed by atoms with Gasteiger partial charge >= 0.3 is 18.2 Å². The summed E-state index contributed by atoms with van der Waals surface area (Å²) in [6.45, 7) is 0.495. The zero-order valence-electron chi connectivity index (χ0n) is 14.7. The second-order valence-corrected chi connectivity index (χ2v) is 6.41. The maximum atomic E-state index is 13.3. The molecule has 7 nitrogen and oxygen atoms in total. The van der Waals surface area contributed by atoms with E-state index in [1.807, 2.05) is 30.3 Å². The molecule has 2 heterocycles. The van der Waals surface area contributed by atoms with Gasteiger partial charge in [-0.15, -0.1) is 0 Å². The summed E-state index contributed by atoms with van der Waals surface area (Å²) in [4.78, 5) is 24.7. The second-order valence-electron chi connectivity index (χ2n) is 6.41. The smallest absolute Gasteiger partial charge is 0.433 e. The van der Waals surface area contributed by atoms with E-state index in [0.29, 0.717) is 6.20 Å². The summed E-state index contributed by atoms with van der Waals surface area (Å²) < 4.78 is 45.9. The first-order chi connectivity index (χ1) is 13.3. The van der Waals surface area contributed by atoms with Crippen molar-refractivity contribution in [3.05, 3.63) is 53.3 Å². The molecule has 1 N–H and O–H groups in total. The molecular weight excluding hydrogens is 379 g/mol. The third-order valence-electron chi connectivity index (χ3n) is 4.57. The number of hydrogen-bond donors (Lipinski definition) is 1. The third kappa shape index (κ3) is 4.26. The number of halogens is 3. The van der Waals surface area contributed by atoms with E-state index in [2.05, 4.69) is 5.10 Å². The van der Waals surface area contributed by atoms with Crippen LogP contribution in [0, 0.1) is 0 Å². The van der Waals surface area contributed by atoms with Gasteiger partial charge in [-0.3, -0.25) is 4.68 Å². The molecule has 0 unspecified atom stereocenters. The Bertz CT molecular complexity index is 844. The third-order valence-corrected chi connectivity index (χ3v) is 4.57. The van der Waals surface area contributed by atoms with E-state index in [4.69, 9.17) is 9.84 Å². The SMILES string of the molecule is O=C(O)c1cnn(C2CCN(C(=O)OCc3ccccc3)CC2)c1C(F)(F)F. The van der Waals surface area contributed by atoms with Crippen molar-refractivity contribution in [2.24, 2.45) is 0 Å². The maximum Gasteiger partial charge on any atom is 0.433 e. The van der Waals surface area contributed by atoms with E-state index >= 15 is 0 Å². The molecule has 0 atom stereocenters. The number of hydrogen-bond acceptors (Lipinski definition) is 4. The van der Waals surface area contributed by atoms with Gasteiger partial charge in [-0.2, -0.15) is 18.3 Å². The van der Waals surface area contributed by atoms with Gasteiger partial charge in [0.1, 0.15) is 12.2 Å². The number of amides is 1. The van der Waals surface area contributed by atoms with Crippen molar-refractivity contribution in [1.82, 2.24) is 14.7 Å². The summed E-state index contributed by atoms with van der Waals surface area (Å²) in [5.41, 5.74) is -1.32. The number of nitrogens with zero attached hydrogens (tertiary/aromatic N) is 3. The fourth-order valence-electron chi connectivity index (χ4n) is 3.18. The van der Waals surface area contributed by atoms with Crippen LogP contribution in [0.1, 0.15) is 40.5 Å². The Morgan fingerprint density at radius 2 is 1.82 bits per heavy atom. The number of carboxylic acids is 1. The van der Waals surface area contributed by atoms with Crippen molar-refractivity contribution >= 4 is 12.1 Å². The summed E-state index contributed by atoms with van der Waals surface area (Å²) in [5, 5.41) is 12.6. The van der Waals surface area contributed by atoms with Gasteiger partial charge in [0, 0.05) is 13.1 Å². The number of ether oxygens (including phenoxy) is 1. The topological polar surface area (TPSA) is 84.7 Å². The van der Waals surface area contributed by atoms with Gasteiger partial charge in [0.05, 0.1) is 12.2 Å². The van der Waals surface area contributed by atoms with Gasteiger partial charge in [0.25, 0.3) is 0 Å². The number of carbonyl (C=O) groups is 2. The first-order valence-corrected chi connectivity index (χ1v) is 8.61. The summed E-state index contributed by atoms with van der Waals surface area (Å²) >= 11 is 0. The highest BCUT2D eigenvalue weighted by Crippen LogP contribution is 2.36. The summed E-state index contributed by atoms with van der Waals surface area (Å²) in [7, 11) is 0. The van der Waals surface area contributed by atoms with Crippen LogP contribution in [0.3, 0.4) is 0 Å². The molecule has 0 spiro atoms. The largest absolute Gasteiger partial charge is 0.478 e. The first-order valence-electron chi connectivity index (χ1n) is 8.61. The standard InChI is InChI=1S/C18H18F3N3O4/c19-18(20,21)15-14(16(25)26)10-22-24(15)13-6-8-23(9-7-13)17(27)28-11-12-4-2-1-3-5-12/h1-5,10,13H,6-9,11H2,(H,25,26). The molecule has 2 aromatic rings. The average molecular weight is 397 g/mol. The van der Waals surface area contributed by atoms with Crippen molar-refractivity contribution in [1.29, 1.82) is 0 Å². The zero-order chi connectivity index (χ0) is 20.3. The van der Waals surface area contributed by atoms with Crippen LogP contribution in [0.5, 0.6) is 0 Å². The molecule has 1 aromatic carbocycles. The number of piperidine rings is 1. The van der Waals surface area contributed by atoms with Gasteiger partial charge in [0.15, 0.2) is 5.69 Å². The predicted octanol–water partition coefficient (Wildman–Crippen LogP) is 3.57. The highest BCUT2D eigenvalue weighted by atomic mass is 19.4. The lowest BCUT2D eigenvalue weighted by molar-refractivity contribution is -0.145. The normalized spacial score (nSPS) is 15.5. The van der Waals surface area contributed by atoms with Crippen LogP contribution in [0.2, 0.25) is 0 Å². The maximum absolute atomic E-state index is 13.3. The van der Waals surface area contributed by atoms with Crippen LogP contribution in [0.25, 0.3) is 0 Å². The van der Waals surface area contributed by atoms with Crippen LogP contribution < -0.4 is 0 Å². The molecule has 28 heavy (non-hydrogen) atoms. The van der Waals surface area contributed by atoms with Crippen molar-refractivity contribution < 1.29 is 32.6 Å². The Labute approximate surface area is 158 Å². The number of carbonyl (C=O) groups excluding carboxylic acids is 1. The minimum Gasteiger partial charge on any atom is -0.478 e. The van der Waals surface area contributed by atoms with E-state index in [1.54, 1.807) is 0 Å². The fraction of sp³-hybridized carbons (Fsp3) is 0.389. The summed E-state index contributed by atoms with van der Waals surface area (Å²) in [5.74, 6) is -1.68. The average Bonchev–Trinajstić information content (AvgIpc) is 3.13. The number of rotatable bonds is 4. The molecule has 0 bridgehead atoms. The lowest BCUT2D eigenvalue weighted by atomic mass is 10.0. The number of alkyl halides is 3. The molecular formula is C18H18F3N3O4. The van der Waals surface area contributed by atoms with Gasteiger partial charge in [-0.1, -0.05) is 30.3 Å². The van der Waals surface area contributed by atoms with Crippen LogP contribution in [-0.2, 0) is 17.5 Å². The molecule has 0 radical (unpaired) electrons. The highest BCUT2D eigenvalue weighted by Gasteiger charge is 2.42. The Kier molecular flexibility index (Phi) is 5.57. The van der Waals surface area contributed by atoms with Gasteiger partial charge in [0.2, 0.25) is 0 Å². The van der Waals surface area contributed by atoms with E-state index in [9.17, 15) is 22.8 Å². The molecule has 1 saturated heterocycles. The molecule has 1 aliphatic rings. The van der Waals surface area contributed by atoms with Crippen molar-refractivity contribution in [2.45, 2.75) is 31.7 Å². The molecule has 0 aliphatic carbocycles. The second kappa shape index (κ2) is 7.91. The highest BCUT2D eigenvalue weighted by molar-refractivity contribution is 5.88. The van der Waals surface area contributed by atoms with Crippen LogP contribution in [0.4, 0.5) is 18.0 Å². The van der Waals surface area contributed by atoms with E-state index in [0.717, 1.165) is 10.2 Å². The predicted molar refractivity (Wildman–Crippen MR) is 90.7 cm³/mol. The molecule has 1 fully saturated rings. The van der Waals surface area contributed by atoms with Crippen molar-refractivity contribution in [2.75, 3.05) is 13.1 Å². The van der Waals surface area contributed by atoms with Crippen molar-refractivity contribution in [3.8, 4) is 0 Å². The number of likely N-dealkylation sites (tertiary alicyclic amines) is 1. The Balaban J connectivity index is 1.63. The molecule has 0 saturated carbocycles. The molecule has 10 heteroatoms. The lowest BCUT2D eigenvalue weighted by Crippen LogP contribution is -2.40. The van der Waals surface area contributed by atoms with Crippen LogP contribution in [0.15, 0.2) is 36.5 Å². The molecule has 1 aromatic heterocycles. The number of carboxylic acid groups (broad SMARTS) is 1.